The van der Waals surface area contributed by atoms with Gasteiger partial charge in [-0.05, 0) is 20.3 Å². The highest BCUT2D eigenvalue weighted by molar-refractivity contribution is 7.18. The van der Waals surface area contributed by atoms with Gasteiger partial charge < -0.3 is 10.3 Å². The molecule has 0 radical (unpaired) electrons. The Morgan fingerprint density at radius 1 is 1.14 bits per heavy atom. The van der Waals surface area contributed by atoms with E-state index in [1.165, 1.54) is 6.92 Å². The molecule has 8 heteroatoms. The van der Waals surface area contributed by atoms with Crippen molar-refractivity contribution in [3.05, 3.63) is 62.6 Å². The van der Waals surface area contributed by atoms with Gasteiger partial charge in [-0.15, -0.1) is 0 Å². The lowest BCUT2D eigenvalue weighted by Crippen LogP contribution is -2.20. The summed E-state index contributed by atoms with van der Waals surface area (Å²) in [6, 6.07) is 9.35. The van der Waals surface area contributed by atoms with E-state index in [1.54, 1.807) is 13.8 Å². The van der Waals surface area contributed by atoms with Crippen LogP contribution in [0, 0.1) is 13.8 Å². The van der Waals surface area contributed by atoms with Gasteiger partial charge in [-0.25, -0.2) is 9.97 Å². The number of amides is 1. The first-order chi connectivity index (χ1) is 13.3. The minimum absolute atomic E-state index is 0.107. The Kier molecular flexibility index (Phi) is 5.79. The second-order valence-corrected chi connectivity index (χ2v) is 7.38. The number of nitrogens with zero attached hydrogens (tertiary/aromatic N) is 2. The number of carbonyl (C=O) groups is 2. The van der Waals surface area contributed by atoms with Crippen LogP contribution in [-0.4, -0.2) is 26.6 Å². The van der Waals surface area contributed by atoms with Crippen molar-refractivity contribution in [2.24, 2.45) is 0 Å². The molecule has 0 aliphatic heterocycles. The fourth-order valence-corrected chi connectivity index (χ4v) is 3.77. The Hall–Kier alpha value is -3.13. The van der Waals surface area contributed by atoms with Crippen LogP contribution >= 0.6 is 11.3 Å². The average molecular weight is 396 g/mol. The maximum atomic E-state index is 12.3. The van der Waals surface area contributed by atoms with Gasteiger partial charge in [0.1, 0.15) is 5.82 Å². The molecule has 0 spiro atoms. The number of aromatic amines is 1. The van der Waals surface area contributed by atoms with Gasteiger partial charge in [0.15, 0.2) is 10.9 Å². The van der Waals surface area contributed by atoms with Gasteiger partial charge >= 0.3 is 0 Å². The minimum Gasteiger partial charge on any atom is -0.311 e. The van der Waals surface area contributed by atoms with Crippen LogP contribution in [0.1, 0.15) is 40.1 Å². The predicted octanol–water partition coefficient (Wildman–Crippen LogP) is 3.28. The molecule has 0 atom stereocenters. The summed E-state index contributed by atoms with van der Waals surface area (Å²) in [6.45, 7) is 4.94. The average Bonchev–Trinajstić information content (AvgIpc) is 3.05. The van der Waals surface area contributed by atoms with Gasteiger partial charge in [0.05, 0.1) is 10.6 Å². The normalized spacial score (nSPS) is 10.7. The zero-order valence-corrected chi connectivity index (χ0v) is 16.6. The van der Waals surface area contributed by atoms with Crippen LogP contribution in [0.15, 0.2) is 35.1 Å². The summed E-state index contributed by atoms with van der Waals surface area (Å²) in [5, 5.41) is 3.09. The highest BCUT2D eigenvalue weighted by atomic mass is 32.1. The summed E-state index contributed by atoms with van der Waals surface area (Å²) in [7, 11) is 0. The second-order valence-electron chi connectivity index (χ2n) is 6.38. The van der Waals surface area contributed by atoms with Crippen LogP contribution < -0.4 is 10.9 Å². The molecular weight excluding hydrogens is 376 g/mol. The molecule has 2 heterocycles. The molecule has 0 saturated heterocycles. The van der Waals surface area contributed by atoms with Crippen molar-refractivity contribution >= 4 is 28.2 Å². The Morgan fingerprint density at radius 2 is 1.86 bits per heavy atom. The summed E-state index contributed by atoms with van der Waals surface area (Å²) in [5.74, 6) is 0.163. The van der Waals surface area contributed by atoms with E-state index < -0.39 is 0 Å². The zero-order chi connectivity index (χ0) is 20.3. The van der Waals surface area contributed by atoms with Crippen LogP contribution in [0.4, 0.5) is 5.13 Å². The number of ketones is 1. The molecule has 0 aliphatic carbocycles. The number of Topliss-reactive ketones (excluding diaryl/α,β-unsaturated/α-hetero) is 1. The molecule has 0 unspecified atom stereocenters. The third kappa shape index (κ3) is 4.40. The molecule has 0 aliphatic rings. The summed E-state index contributed by atoms with van der Waals surface area (Å²) >= 11 is 1.15. The molecule has 0 fully saturated rings. The predicted molar refractivity (Wildman–Crippen MR) is 109 cm³/mol. The Morgan fingerprint density at radius 3 is 2.50 bits per heavy atom. The van der Waals surface area contributed by atoms with Gasteiger partial charge in [-0.1, -0.05) is 41.7 Å². The molecule has 2 N–H and O–H groups in total. The molecule has 144 valence electrons. The molecule has 1 aromatic carbocycles. The van der Waals surface area contributed by atoms with E-state index in [0.717, 1.165) is 16.9 Å². The van der Waals surface area contributed by atoms with E-state index in [2.05, 4.69) is 20.3 Å². The van der Waals surface area contributed by atoms with Crippen LogP contribution in [0.25, 0.3) is 11.3 Å². The number of carbonyl (C=O) groups excluding carboxylic acids is 2. The van der Waals surface area contributed by atoms with E-state index >= 15 is 0 Å². The van der Waals surface area contributed by atoms with E-state index in [-0.39, 0.29) is 30.1 Å². The largest absolute Gasteiger partial charge is 0.311 e. The number of rotatable bonds is 6. The van der Waals surface area contributed by atoms with Crippen molar-refractivity contribution < 1.29 is 9.59 Å². The summed E-state index contributed by atoms with van der Waals surface area (Å²) < 4.78 is 0. The third-order valence-electron chi connectivity index (χ3n) is 4.18. The number of nitrogens with one attached hydrogen (secondary N) is 2. The molecule has 3 aromatic rings. The molecule has 7 nitrogen and oxygen atoms in total. The molecule has 3 rings (SSSR count). The fraction of sp³-hybridized carbons (Fsp3) is 0.250. The Bertz CT molecular complexity index is 1090. The monoisotopic (exact) mass is 396 g/mol. The first kappa shape index (κ1) is 19.6. The van der Waals surface area contributed by atoms with Crippen molar-refractivity contribution in [1.29, 1.82) is 0 Å². The topological polar surface area (TPSA) is 105 Å². The SMILES string of the molecule is CC(=O)c1sc(NC(=O)CCc2c(C)nc(C)[nH]c2=O)nc1-c1ccccc1. The van der Waals surface area contributed by atoms with Crippen molar-refractivity contribution in [3.8, 4) is 11.3 Å². The van der Waals surface area contributed by atoms with Crippen LogP contribution in [-0.2, 0) is 11.2 Å². The lowest BCUT2D eigenvalue weighted by Gasteiger charge is -2.05. The van der Waals surface area contributed by atoms with Crippen LogP contribution in [0.2, 0.25) is 0 Å². The molecular formula is C20H20N4O3S. The van der Waals surface area contributed by atoms with Crippen molar-refractivity contribution in [1.82, 2.24) is 15.0 Å². The van der Waals surface area contributed by atoms with Gasteiger partial charge in [-0.3, -0.25) is 14.4 Å². The number of anilines is 1. The molecule has 1 amide bonds. The Balaban J connectivity index is 1.74. The van der Waals surface area contributed by atoms with Gasteiger partial charge in [-0.2, -0.15) is 0 Å². The molecule has 2 aromatic heterocycles. The smallest absolute Gasteiger partial charge is 0.254 e. The second kappa shape index (κ2) is 8.26. The van der Waals surface area contributed by atoms with Gasteiger partial charge in [0, 0.05) is 30.2 Å². The van der Waals surface area contributed by atoms with Crippen molar-refractivity contribution in [2.45, 2.75) is 33.6 Å². The molecule has 0 bridgehead atoms. The number of benzene rings is 1. The van der Waals surface area contributed by atoms with E-state index in [4.69, 9.17) is 0 Å². The molecule has 28 heavy (non-hydrogen) atoms. The van der Waals surface area contributed by atoms with Crippen molar-refractivity contribution in [3.63, 3.8) is 0 Å². The van der Waals surface area contributed by atoms with Gasteiger partial charge in [0.2, 0.25) is 5.91 Å². The quantitative estimate of drug-likeness (QED) is 0.622. The maximum Gasteiger partial charge on any atom is 0.254 e. The number of H-pyrrole nitrogens is 1. The third-order valence-corrected chi connectivity index (χ3v) is 5.25. The Labute approximate surface area is 165 Å². The standard InChI is InChI=1S/C20H20N4O3S/c1-11-15(19(27)22-13(3)21-11)9-10-16(26)23-20-24-17(18(28-20)12(2)25)14-7-5-4-6-8-14/h4-8H,9-10H2,1-3H3,(H,21,22,27)(H,23,24,26). The first-order valence-electron chi connectivity index (χ1n) is 8.78. The number of aryl methyl sites for hydroxylation is 2. The lowest BCUT2D eigenvalue weighted by atomic mass is 10.1. The van der Waals surface area contributed by atoms with Crippen molar-refractivity contribution in [2.75, 3.05) is 5.32 Å². The zero-order valence-electron chi connectivity index (χ0n) is 15.8. The first-order valence-corrected chi connectivity index (χ1v) is 9.60. The van der Waals surface area contributed by atoms with Crippen LogP contribution in [0.5, 0.6) is 0 Å². The van der Waals surface area contributed by atoms with Crippen LogP contribution in [0.3, 0.4) is 0 Å². The summed E-state index contributed by atoms with van der Waals surface area (Å²) in [6.07, 6.45) is 0.390. The van der Waals surface area contributed by atoms with E-state index in [9.17, 15) is 14.4 Å². The van der Waals surface area contributed by atoms with E-state index in [1.807, 2.05) is 30.3 Å². The molecule has 0 saturated carbocycles. The summed E-state index contributed by atoms with van der Waals surface area (Å²) in [4.78, 5) is 48.1. The van der Waals surface area contributed by atoms with Gasteiger partial charge in [0.25, 0.3) is 5.56 Å². The highest BCUT2D eigenvalue weighted by Crippen LogP contribution is 2.31. The minimum atomic E-state index is -0.275. The maximum absolute atomic E-state index is 12.3. The number of thiazole rings is 1. The lowest BCUT2D eigenvalue weighted by molar-refractivity contribution is -0.116. The fourth-order valence-electron chi connectivity index (χ4n) is 2.87. The number of hydrogen-bond donors (Lipinski definition) is 2. The van der Waals surface area contributed by atoms with E-state index in [0.29, 0.717) is 32.8 Å². The number of hydrogen-bond acceptors (Lipinski definition) is 6. The summed E-state index contributed by atoms with van der Waals surface area (Å²) in [5.41, 5.74) is 2.26. The number of aromatic nitrogens is 3. The highest BCUT2D eigenvalue weighted by Gasteiger charge is 2.18.